The molecule has 0 fully saturated rings. The van der Waals surface area contributed by atoms with Crippen LogP contribution in [0, 0.1) is 11.3 Å². The molecule has 1 amide bonds. The van der Waals surface area contributed by atoms with Crippen LogP contribution in [-0.2, 0) is 17.9 Å². The Morgan fingerprint density at radius 2 is 1.74 bits per heavy atom. The molecular formula is C24H17Cl3N2O2. The second kappa shape index (κ2) is 10.9. The molecular weight excluding hydrogens is 455 g/mol. The van der Waals surface area contributed by atoms with Gasteiger partial charge in [0, 0.05) is 17.1 Å². The van der Waals surface area contributed by atoms with Gasteiger partial charge in [-0.2, -0.15) is 5.26 Å². The van der Waals surface area contributed by atoms with Gasteiger partial charge in [-0.25, -0.2) is 0 Å². The summed E-state index contributed by atoms with van der Waals surface area (Å²) in [5.74, 6) is -0.0131. The molecule has 0 aromatic heterocycles. The second-order valence-electron chi connectivity index (χ2n) is 6.56. The highest BCUT2D eigenvalue weighted by Gasteiger charge is 2.12. The molecule has 0 heterocycles. The fourth-order valence-electron chi connectivity index (χ4n) is 2.73. The summed E-state index contributed by atoms with van der Waals surface area (Å²) < 4.78 is 5.88. The average molecular weight is 472 g/mol. The normalized spacial score (nSPS) is 11.0. The third-order valence-corrected chi connectivity index (χ3v) is 5.29. The van der Waals surface area contributed by atoms with E-state index >= 15 is 0 Å². The molecule has 0 spiro atoms. The minimum absolute atomic E-state index is 0.0578. The fourth-order valence-corrected chi connectivity index (χ4v) is 3.23. The van der Waals surface area contributed by atoms with Gasteiger partial charge in [0.25, 0.3) is 5.91 Å². The van der Waals surface area contributed by atoms with Crippen molar-refractivity contribution in [2.45, 2.75) is 13.2 Å². The van der Waals surface area contributed by atoms with Gasteiger partial charge in [0.1, 0.15) is 24.0 Å². The lowest BCUT2D eigenvalue weighted by atomic mass is 10.1. The predicted octanol–water partition coefficient (Wildman–Crippen LogP) is 6.45. The van der Waals surface area contributed by atoms with Crippen LogP contribution in [0.2, 0.25) is 15.1 Å². The van der Waals surface area contributed by atoms with E-state index in [1.807, 2.05) is 36.4 Å². The van der Waals surface area contributed by atoms with E-state index in [2.05, 4.69) is 5.32 Å². The summed E-state index contributed by atoms with van der Waals surface area (Å²) in [5, 5.41) is 13.6. The molecule has 0 atom stereocenters. The second-order valence-corrected chi connectivity index (χ2v) is 7.81. The van der Waals surface area contributed by atoms with E-state index in [9.17, 15) is 10.1 Å². The van der Waals surface area contributed by atoms with Crippen LogP contribution < -0.4 is 10.1 Å². The lowest BCUT2D eigenvalue weighted by Gasteiger charge is -2.11. The molecule has 0 bridgehead atoms. The zero-order valence-corrected chi connectivity index (χ0v) is 18.5. The Morgan fingerprint density at radius 3 is 2.45 bits per heavy atom. The summed E-state index contributed by atoms with van der Waals surface area (Å²) >= 11 is 18.1. The van der Waals surface area contributed by atoms with Crippen molar-refractivity contribution in [1.29, 1.82) is 5.26 Å². The number of halogens is 3. The molecule has 7 heteroatoms. The lowest BCUT2D eigenvalue weighted by molar-refractivity contribution is -0.117. The van der Waals surface area contributed by atoms with Crippen LogP contribution >= 0.6 is 34.8 Å². The maximum atomic E-state index is 12.5. The fraction of sp³-hybridized carbons (Fsp3) is 0.0833. The monoisotopic (exact) mass is 470 g/mol. The molecule has 3 aromatic carbocycles. The van der Waals surface area contributed by atoms with Crippen molar-refractivity contribution in [2.75, 3.05) is 0 Å². The molecule has 0 aliphatic rings. The van der Waals surface area contributed by atoms with Crippen molar-refractivity contribution in [3.63, 3.8) is 0 Å². The van der Waals surface area contributed by atoms with Crippen molar-refractivity contribution in [1.82, 2.24) is 5.32 Å². The van der Waals surface area contributed by atoms with E-state index in [1.165, 1.54) is 6.08 Å². The average Bonchev–Trinajstić information content (AvgIpc) is 2.78. The molecule has 1 N–H and O–H groups in total. The molecule has 0 saturated heterocycles. The molecule has 0 aliphatic carbocycles. The van der Waals surface area contributed by atoms with E-state index in [-0.39, 0.29) is 12.2 Å². The minimum atomic E-state index is -0.484. The molecule has 3 rings (SSSR count). The molecule has 0 unspecified atom stereocenters. The van der Waals surface area contributed by atoms with Crippen LogP contribution in [0.25, 0.3) is 6.08 Å². The number of nitriles is 1. The Kier molecular flexibility index (Phi) is 7.97. The van der Waals surface area contributed by atoms with Crippen LogP contribution in [-0.4, -0.2) is 5.91 Å². The first-order valence-electron chi connectivity index (χ1n) is 9.26. The van der Waals surface area contributed by atoms with Gasteiger partial charge in [0.15, 0.2) is 0 Å². The Bertz CT molecular complexity index is 1160. The van der Waals surface area contributed by atoms with E-state index in [0.29, 0.717) is 32.9 Å². The van der Waals surface area contributed by atoms with Crippen molar-refractivity contribution in [3.05, 3.63) is 104 Å². The lowest BCUT2D eigenvalue weighted by Crippen LogP contribution is -2.23. The SMILES string of the molecule is N#C/C(=C\c1cc(Cl)ccc1OCc1ccc(Cl)c(Cl)c1)C(=O)NCc1ccccc1. The first kappa shape index (κ1) is 22.7. The zero-order chi connectivity index (χ0) is 22.2. The largest absolute Gasteiger partial charge is 0.488 e. The summed E-state index contributed by atoms with van der Waals surface area (Å²) in [7, 11) is 0. The Morgan fingerprint density at radius 1 is 0.968 bits per heavy atom. The van der Waals surface area contributed by atoms with Crippen molar-refractivity contribution in [2.24, 2.45) is 0 Å². The van der Waals surface area contributed by atoms with Crippen LogP contribution in [0.15, 0.2) is 72.3 Å². The minimum Gasteiger partial charge on any atom is -0.488 e. The number of rotatable bonds is 7. The number of amides is 1. The predicted molar refractivity (Wildman–Crippen MR) is 124 cm³/mol. The van der Waals surface area contributed by atoms with Crippen LogP contribution in [0.5, 0.6) is 5.75 Å². The van der Waals surface area contributed by atoms with Gasteiger partial charge < -0.3 is 10.1 Å². The van der Waals surface area contributed by atoms with E-state index in [1.54, 1.807) is 36.4 Å². The quantitative estimate of drug-likeness (QED) is 0.318. The maximum absolute atomic E-state index is 12.5. The summed E-state index contributed by atoms with van der Waals surface area (Å²) in [6.07, 6.45) is 1.45. The zero-order valence-electron chi connectivity index (χ0n) is 16.2. The highest BCUT2D eigenvalue weighted by molar-refractivity contribution is 6.42. The Labute approximate surface area is 195 Å². The molecule has 0 saturated carbocycles. The molecule has 156 valence electrons. The standard InChI is InChI=1S/C24H17Cl3N2O2/c25-20-7-9-23(31-15-17-6-8-21(26)22(27)10-17)18(12-20)11-19(13-28)24(30)29-14-16-4-2-1-3-5-16/h1-12H,14-15H2,(H,29,30)/b19-11+. The number of carbonyl (C=O) groups excluding carboxylic acids is 1. The van der Waals surface area contributed by atoms with Gasteiger partial charge in [-0.05, 0) is 47.5 Å². The highest BCUT2D eigenvalue weighted by Crippen LogP contribution is 2.28. The van der Waals surface area contributed by atoms with Crippen molar-refractivity contribution >= 4 is 46.8 Å². The first-order chi connectivity index (χ1) is 15.0. The number of hydrogen-bond donors (Lipinski definition) is 1. The molecule has 31 heavy (non-hydrogen) atoms. The van der Waals surface area contributed by atoms with Gasteiger partial charge in [-0.15, -0.1) is 0 Å². The van der Waals surface area contributed by atoms with E-state index in [4.69, 9.17) is 39.5 Å². The van der Waals surface area contributed by atoms with Crippen LogP contribution in [0.1, 0.15) is 16.7 Å². The summed E-state index contributed by atoms with van der Waals surface area (Å²) in [6, 6.07) is 21.6. The highest BCUT2D eigenvalue weighted by atomic mass is 35.5. The Balaban J connectivity index is 1.77. The van der Waals surface area contributed by atoms with E-state index in [0.717, 1.165) is 11.1 Å². The van der Waals surface area contributed by atoms with Crippen molar-refractivity contribution in [3.8, 4) is 11.8 Å². The maximum Gasteiger partial charge on any atom is 0.262 e. The third kappa shape index (κ3) is 6.50. The molecule has 3 aromatic rings. The summed E-state index contributed by atoms with van der Waals surface area (Å²) in [6.45, 7) is 0.538. The van der Waals surface area contributed by atoms with Gasteiger partial charge in [-0.3, -0.25) is 4.79 Å². The topological polar surface area (TPSA) is 62.1 Å². The Hall–Kier alpha value is -2.97. The number of benzene rings is 3. The number of nitrogens with one attached hydrogen (secondary N) is 1. The van der Waals surface area contributed by atoms with Gasteiger partial charge in [0.05, 0.1) is 10.0 Å². The number of hydrogen-bond acceptors (Lipinski definition) is 3. The number of carbonyl (C=O) groups is 1. The van der Waals surface area contributed by atoms with Crippen molar-refractivity contribution < 1.29 is 9.53 Å². The van der Waals surface area contributed by atoms with Gasteiger partial charge in [0.2, 0.25) is 0 Å². The van der Waals surface area contributed by atoms with E-state index < -0.39 is 5.91 Å². The smallest absolute Gasteiger partial charge is 0.262 e. The summed E-state index contributed by atoms with van der Waals surface area (Å²) in [4.78, 5) is 12.5. The molecule has 0 radical (unpaired) electrons. The van der Waals surface area contributed by atoms with Crippen LogP contribution in [0.3, 0.4) is 0 Å². The van der Waals surface area contributed by atoms with Gasteiger partial charge in [-0.1, -0.05) is 71.2 Å². The number of nitrogens with zero attached hydrogens (tertiary/aromatic N) is 1. The molecule has 0 aliphatic heterocycles. The summed E-state index contributed by atoms with van der Waals surface area (Å²) in [5.41, 5.74) is 2.21. The first-order valence-corrected chi connectivity index (χ1v) is 10.4. The van der Waals surface area contributed by atoms with Crippen LogP contribution in [0.4, 0.5) is 0 Å². The third-order valence-electron chi connectivity index (χ3n) is 4.31. The van der Waals surface area contributed by atoms with Gasteiger partial charge >= 0.3 is 0 Å². The molecule has 4 nitrogen and oxygen atoms in total. The number of ether oxygens (including phenoxy) is 1.